The summed E-state index contributed by atoms with van der Waals surface area (Å²) in [6.45, 7) is 5.68. The van der Waals surface area contributed by atoms with Crippen LogP contribution in [-0.4, -0.2) is 40.1 Å². The number of carbonyl (C=O) groups is 2. The second-order valence-corrected chi connectivity index (χ2v) is 13.4. The zero-order valence-electron chi connectivity index (χ0n) is 22.4. The summed E-state index contributed by atoms with van der Waals surface area (Å²) in [7, 11) is 0. The fraction of sp³-hybridized carbons (Fsp3) is 0.500. The van der Waals surface area contributed by atoms with Crippen molar-refractivity contribution in [2.75, 3.05) is 6.61 Å². The summed E-state index contributed by atoms with van der Waals surface area (Å²) in [6, 6.07) is 9.03. The number of aliphatic hydroxyl groups is 2. The van der Waals surface area contributed by atoms with Gasteiger partial charge in [0.2, 0.25) is 5.78 Å². The van der Waals surface area contributed by atoms with Crippen LogP contribution in [-0.2, 0) is 9.59 Å². The molecular weight excluding hydrogens is 535 g/mol. The van der Waals surface area contributed by atoms with E-state index in [1.54, 1.807) is 18.2 Å². The molecule has 0 radical (unpaired) electrons. The number of benzene rings is 2. The van der Waals surface area contributed by atoms with E-state index < -0.39 is 28.3 Å². The third-order valence-corrected chi connectivity index (χ3v) is 11.3. The molecule has 2 aromatic rings. The first-order valence-electron chi connectivity index (χ1n) is 13.8. The number of halogens is 2. The quantitative estimate of drug-likeness (QED) is 0.449. The van der Waals surface area contributed by atoms with Gasteiger partial charge in [0.15, 0.2) is 5.78 Å². The van der Waals surface area contributed by atoms with E-state index in [-0.39, 0.29) is 36.1 Å². The predicted octanol–water partition coefficient (Wildman–Crippen LogP) is 6.35. The first kappa shape index (κ1) is 27.0. The van der Waals surface area contributed by atoms with Gasteiger partial charge in [0.05, 0.1) is 16.1 Å². The number of fused-ring (bicyclic) bond motifs is 6. The average molecular weight is 570 g/mol. The zero-order chi connectivity index (χ0) is 27.9. The topological polar surface area (TPSA) is 83.8 Å². The van der Waals surface area contributed by atoms with Crippen molar-refractivity contribution in [3.05, 3.63) is 64.2 Å². The lowest BCUT2D eigenvalue weighted by Gasteiger charge is -2.59. The van der Waals surface area contributed by atoms with Gasteiger partial charge in [0.25, 0.3) is 0 Å². The van der Waals surface area contributed by atoms with Crippen LogP contribution in [0.15, 0.2) is 54.1 Å². The number of ether oxygens (including phenoxy) is 1. The minimum atomic E-state index is -1.66. The Labute approximate surface area is 238 Å². The van der Waals surface area contributed by atoms with Crippen molar-refractivity contribution in [1.82, 2.24) is 0 Å². The number of carbonyl (C=O) groups excluding carboxylic acids is 2. The number of Topliss-reactive ketones (excluding diaryl/α,β-unsaturated/α-hetero) is 1. The van der Waals surface area contributed by atoms with Crippen molar-refractivity contribution < 1.29 is 24.5 Å². The van der Waals surface area contributed by atoms with E-state index in [1.807, 2.05) is 44.2 Å². The number of hydrogen-bond acceptors (Lipinski definition) is 5. The van der Waals surface area contributed by atoms with Gasteiger partial charge in [-0.05, 0) is 61.7 Å². The Morgan fingerprint density at radius 1 is 1.15 bits per heavy atom. The molecule has 0 heterocycles. The molecule has 6 rings (SSSR count). The van der Waals surface area contributed by atoms with Gasteiger partial charge in [0.1, 0.15) is 18.0 Å². The van der Waals surface area contributed by atoms with Crippen molar-refractivity contribution in [3.63, 3.8) is 0 Å². The van der Waals surface area contributed by atoms with Crippen LogP contribution in [0, 0.1) is 34.5 Å². The van der Waals surface area contributed by atoms with Gasteiger partial charge in [0, 0.05) is 27.5 Å². The number of rotatable bonds is 4. The molecule has 0 saturated heterocycles. The van der Waals surface area contributed by atoms with Crippen LogP contribution in [0.2, 0.25) is 10.0 Å². The molecule has 4 aliphatic rings. The van der Waals surface area contributed by atoms with Crippen LogP contribution in [0.5, 0.6) is 5.75 Å². The van der Waals surface area contributed by atoms with Crippen LogP contribution in [0.1, 0.15) is 46.5 Å². The molecule has 7 heteroatoms. The fourth-order valence-electron chi connectivity index (χ4n) is 8.92. The molecule has 206 valence electrons. The third-order valence-electron chi connectivity index (χ3n) is 10.7. The first-order chi connectivity index (χ1) is 18.4. The SMILES string of the molecule is C[C@@H]1CC2C3CCC4=CC(=O)C=CC4(C)C3C(O)CC2(C)[C@@]1(O)C(=O)COc1c(Cl)cc(Cl)c2ccccc12. The van der Waals surface area contributed by atoms with Crippen molar-refractivity contribution in [2.24, 2.45) is 34.5 Å². The summed E-state index contributed by atoms with van der Waals surface area (Å²) in [5.74, 6) is -0.230. The summed E-state index contributed by atoms with van der Waals surface area (Å²) in [4.78, 5) is 26.0. The molecular formula is C32H34Cl2O5. The first-order valence-corrected chi connectivity index (χ1v) is 14.5. The Morgan fingerprint density at radius 3 is 2.62 bits per heavy atom. The highest BCUT2D eigenvalue weighted by Gasteiger charge is 2.70. The van der Waals surface area contributed by atoms with Gasteiger partial charge in [-0.2, -0.15) is 0 Å². The normalized spacial score (nSPS) is 39.1. The van der Waals surface area contributed by atoms with Gasteiger partial charge >= 0.3 is 0 Å². The highest BCUT2D eigenvalue weighted by molar-refractivity contribution is 6.40. The maximum absolute atomic E-state index is 13.9. The summed E-state index contributed by atoms with van der Waals surface area (Å²) < 4.78 is 6.04. The monoisotopic (exact) mass is 568 g/mol. The Bertz CT molecular complexity index is 1450. The molecule has 3 saturated carbocycles. The second kappa shape index (κ2) is 9.17. The molecule has 0 aliphatic heterocycles. The fourth-order valence-corrected chi connectivity index (χ4v) is 9.52. The van der Waals surface area contributed by atoms with Crippen LogP contribution in [0.3, 0.4) is 0 Å². The van der Waals surface area contributed by atoms with E-state index in [1.165, 1.54) is 0 Å². The summed E-state index contributed by atoms with van der Waals surface area (Å²) in [5.41, 5.74) is -1.79. The molecule has 3 fully saturated rings. The molecule has 0 spiro atoms. The van der Waals surface area contributed by atoms with Crippen molar-refractivity contribution in [2.45, 2.75) is 58.2 Å². The van der Waals surface area contributed by atoms with Gasteiger partial charge in [-0.15, -0.1) is 0 Å². The van der Waals surface area contributed by atoms with E-state index >= 15 is 0 Å². The van der Waals surface area contributed by atoms with Crippen molar-refractivity contribution >= 4 is 45.5 Å². The lowest BCUT2D eigenvalue weighted by atomic mass is 9.46. The summed E-state index contributed by atoms with van der Waals surface area (Å²) in [5, 5.41) is 26.2. The van der Waals surface area contributed by atoms with Crippen LogP contribution >= 0.6 is 23.2 Å². The van der Waals surface area contributed by atoms with Gasteiger partial charge in [-0.3, -0.25) is 9.59 Å². The molecule has 39 heavy (non-hydrogen) atoms. The molecule has 0 amide bonds. The molecule has 0 bridgehead atoms. The van der Waals surface area contributed by atoms with Crippen molar-refractivity contribution in [3.8, 4) is 5.75 Å². The van der Waals surface area contributed by atoms with Gasteiger partial charge in [-0.25, -0.2) is 0 Å². The minimum absolute atomic E-state index is 0.000840. The van der Waals surface area contributed by atoms with Crippen LogP contribution in [0.25, 0.3) is 10.8 Å². The average Bonchev–Trinajstić information content (AvgIpc) is 3.10. The Hall–Kier alpha value is -2.18. The summed E-state index contributed by atoms with van der Waals surface area (Å²) in [6.07, 6.45) is 7.20. The second-order valence-electron chi connectivity index (χ2n) is 12.5. The Morgan fingerprint density at radius 2 is 1.87 bits per heavy atom. The molecule has 6 unspecified atom stereocenters. The third kappa shape index (κ3) is 3.73. The van der Waals surface area contributed by atoms with Crippen LogP contribution < -0.4 is 4.74 Å². The Kier molecular flexibility index (Phi) is 6.35. The predicted molar refractivity (Wildman–Crippen MR) is 152 cm³/mol. The van der Waals surface area contributed by atoms with E-state index in [9.17, 15) is 19.8 Å². The van der Waals surface area contributed by atoms with E-state index in [2.05, 4.69) is 6.92 Å². The number of ketones is 2. The van der Waals surface area contributed by atoms with Crippen molar-refractivity contribution in [1.29, 1.82) is 0 Å². The maximum Gasteiger partial charge on any atom is 0.202 e. The highest BCUT2D eigenvalue weighted by atomic mass is 35.5. The molecule has 5 nitrogen and oxygen atoms in total. The highest BCUT2D eigenvalue weighted by Crippen LogP contribution is 2.68. The van der Waals surface area contributed by atoms with E-state index in [4.69, 9.17) is 27.9 Å². The molecule has 0 aromatic heterocycles. The van der Waals surface area contributed by atoms with E-state index in [0.717, 1.165) is 23.8 Å². The van der Waals surface area contributed by atoms with Gasteiger partial charge in [-0.1, -0.05) is 79.9 Å². The van der Waals surface area contributed by atoms with Gasteiger partial charge < -0.3 is 14.9 Å². The maximum atomic E-state index is 13.9. The zero-order valence-corrected chi connectivity index (χ0v) is 23.9. The lowest BCUT2D eigenvalue weighted by molar-refractivity contribution is -0.183. The number of hydrogen-bond donors (Lipinski definition) is 2. The number of aliphatic hydroxyl groups excluding tert-OH is 1. The molecule has 4 aliphatic carbocycles. The standard InChI is InChI=1S/C32H34Cl2O5/c1-17-12-23-22-9-8-18-13-19(35)10-11-30(18,2)28(22)26(36)15-31(23,3)32(17,38)27(37)16-39-29-21-7-5-4-6-20(21)24(33)14-25(29)34/h4-7,10-11,13-14,17,22-23,26,28,36,38H,8-9,12,15-16H2,1-3H3/t17-,22?,23?,26?,28?,30?,31?,32+/m1/s1. The lowest BCUT2D eigenvalue weighted by Crippen LogP contribution is -2.63. The molecule has 2 N–H and O–H groups in total. The minimum Gasteiger partial charge on any atom is -0.483 e. The summed E-state index contributed by atoms with van der Waals surface area (Å²) >= 11 is 12.8. The smallest absolute Gasteiger partial charge is 0.202 e. The molecule has 2 aromatic carbocycles. The molecule has 8 atom stereocenters. The number of allylic oxidation sites excluding steroid dienone is 4. The van der Waals surface area contributed by atoms with Crippen LogP contribution in [0.4, 0.5) is 0 Å². The van der Waals surface area contributed by atoms with E-state index in [0.29, 0.717) is 34.0 Å². The largest absolute Gasteiger partial charge is 0.483 e. The Balaban J connectivity index is 1.30.